The fraction of sp³-hybridized carbons (Fsp3) is 0.0400. The molecule has 0 spiro atoms. The van der Waals surface area contributed by atoms with Gasteiger partial charge in [0.1, 0.15) is 5.75 Å². The summed E-state index contributed by atoms with van der Waals surface area (Å²) in [6, 6.07) is 24.0. The van der Waals surface area contributed by atoms with Crippen LogP contribution >= 0.6 is 90.4 Å². The average molecular weight is 886 g/mol. The highest BCUT2D eigenvalue weighted by Crippen LogP contribution is 2.35. The van der Waals surface area contributed by atoms with Crippen LogP contribution < -0.4 is 15.9 Å². The van der Waals surface area contributed by atoms with E-state index in [1.807, 2.05) is 30.3 Å². The van der Waals surface area contributed by atoms with Crippen molar-refractivity contribution in [1.29, 1.82) is 0 Å². The third-order valence-corrected chi connectivity index (χ3v) is 8.77. The Morgan fingerprint density at radius 3 is 1.94 bits per heavy atom. The van der Waals surface area contributed by atoms with E-state index < -0.39 is 0 Å². The lowest BCUT2D eigenvalue weighted by Gasteiger charge is -2.15. The molecule has 0 heterocycles. The van der Waals surface area contributed by atoms with Gasteiger partial charge in [0.05, 0.1) is 5.69 Å². The molecule has 4 rings (SSSR count). The first-order valence-electron chi connectivity index (χ1n) is 9.84. The molecule has 0 saturated heterocycles. The summed E-state index contributed by atoms with van der Waals surface area (Å²) in [5.41, 5.74) is 12.8. The van der Waals surface area contributed by atoms with Crippen LogP contribution in [0, 0.1) is 21.2 Å². The van der Waals surface area contributed by atoms with Crippen molar-refractivity contribution in [2.75, 3.05) is 5.43 Å². The summed E-state index contributed by atoms with van der Waals surface area (Å²) in [6.07, 6.45) is 0. The molecule has 0 aliphatic heterocycles. The number of halogens is 4. The van der Waals surface area contributed by atoms with Crippen molar-refractivity contribution in [2.24, 2.45) is 0 Å². The predicted octanol–water partition coefficient (Wildman–Crippen LogP) is 8.36. The van der Waals surface area contributed by atoms with E-state index in [2.05, 4.69) is 139 Å². The molecule has 0 aliphatic rings. The number of hydrogen-bond acceptors (Lipinski definition) is 4. The largest absolute Gasteiger partial charge is 0.508 e. The minimum absolute atomic E-state index is 0.274. The number of benzene rings is 4. The number of hydrogen-bond donors (Lipinski definition) is 3. The third-order valence-electron chi connectivity index (χ3n) is 5.01. The fourth-order valence-electron chi connectivity index (χ4n) is 3.20. The van der Waals surface area contributed by atoms with Gasteiger partial charge in [-0.25, -0.2) is 0 Å². The summed E-state index contributed by atoms with van der Waals surface area (Å²) in [6.45, 7) is 2.07. The van der Waals surface area contributed by atoms with Crippen LogP contribution in [0.5, 0.6) is 11.5 Å². The average Bonchev–Trinajstić information content (AvgIpc) is 2.78. The number of hydrazine groups is 1. The number of nitrogens with one attached hydrogen (secondary N) is 2. The van der Waals surface area contributed by atoms with E-state index in [0.717, 1.165) is 38.8 Å². The second kappa shape index (κ2) is 11.3. The van der Waals surface area contributed by atoms with Crippen molar-refractivity contribution < 1.29 is 9.94 Å². The van der Waals surface area contributed by atoms with Crippen LogP contribution in [0.2, 0.25) is 0 Å². The van der Waals surface area contributed by atoms with Gasteiger partial charge in [-0.2, -0.15) is 0 Å². The van der Waals surface area contributed by atoms with Crippen LogP contribution in [0.1, 0.15) is 5.56 Å². The molecule has 0 aliphatic carbocycles. The quantitative estimate of drug-likeness (QED) is 0.135. The Bertz CT molecular complexity index is 1290. The van der Waals surface area contributed by atoms with Crippen LogP contribution in [-0.2, 0) is 0 Å². The second-order valence-corrected chi connectivity index (χ2v) is 11.9. The smallest absolute Gasteiger partial charge is 0.150 e. The first-order valence-corrected chi connectivity index (χ1v) is 14.2. The first kappa shape index (κ1) is 25.3. The van der Waals surface area contributed by atoms with Crippen molar-refractivity contribution in [3.63, 3.8) is 0 Å². The molecule has 0 unspecified atom stereocenters. The van der Waals surface area contributed by atoms with Crippen molar-refractivity contribution in [1.82, 2.24) is 5.59 Å². The monoisotopic (exact) mass is 886 g/mol. The molecule has 0 amide bonds. The summed E-state index contributed by atoms with van der Waals surface area (Å²) >= 11 is 9.37. The van der Waals surface area contributed by atoms with Crippen molar-refractivity contribution in [3.05, 3.63) is 92.6 Å². The molecule has 0 aromatic heterocycles. The minimum Gasteiger partial charge on any atom is -0.508 e. The Labute approximate surface area is 247 Å². The highest BCUT2D eigenvalue weighted by Gasteiger charge is 2.12. The van der Waals surface area contributed by atoms with Gasteiger partial charge >= 0.3 is 0 Å². The highest BCUT2D eigenvalue weighted by molar-refractivity contribution is 14.1. The van der Waals surface area contributed by atoms with E-state index in [0.29, 0.717) is 0 Å². The third kappa shape index (κ3) is 6.24. The van der Waals surface area contributed by atoms with E-state index >= 15 is 0 Å². The molecule has 8 heteroatoms. The predicted molar refractivity (Wildman–Crippen MR) is 168 cm³/mol. The summed E-state index contributed by atoms with van der Waals surface area (Å²) in [4.78, 5) is 5.66. The molecule has 0 saturated carbocycles. The first-order chi connectivity index (χ1) is 15.8. The number of aromatic hydroxyl groups is 1. The molecule has 0 bridgehead atoms. The Morgan fingerprint density at radius 1 is 0.667 bits per heavy atom. The number of phenols is 1. The Hall–Kier alpha value is -0.840. The molecule has 4 nitrogen and oxygen atoms in total. The maximum Gasteiger partial charge on any atom is 0.150 e. The molecule has 4 aromatic carbocycles. The molecule has 3 N–H and O–H groups in total. The molecule has 0 fully saturated rings. The maximum absolute atomic E-state index is 9.54. The zero-order valence-corrected chi connectivity index (χ0v) is 25.9. The lowest BCUT2D eigenvalue weighted by Crippen LogP contribution is -2.26. The van der Waals surface area contributed by atoms with Gasteiger partial charge in [-0.05, 0) is 168 Å². The Balaban J connectivity index is 1.51. The van der Waals surface area contributed by atoms with Gasteiger partial charge in [0.15, 0.2) is 5.75 Å². The van der Waals surface area contributed by atoms with Crippen LogP contribution in [-0.4, -0.2) is 5.11 Å². The number of rotatable bonds is 6. The van der Waals surface area contributed by atoms with E-state index in [9.17, 15) is 5.11 Å². The molecular weight excluding hydrogens is 868 g/mol. The molecule has 33 heavy (non-hydrogen) atoms. The summed E-state index contributed by atoms with van der Waals surface area (Å²) < 4.78 is 4.50. The van der Waals surface area contributed by atoms with Gasteiger partial charge in [0, 0.05) is 14.3 Å². The molecular formula is C25H18I4N2O2. The maximum atomic E-state index is 9.54. The lowest BCUT2D eigenvalue weighted by molar-refractivity contribution is 0.221. The van der Waals surface area contributed by atoms with Crippen LogP contribution in [0.4, 0.5) is 5.69 Å². The van der Waals surface area contributed by atoms with E-state index in [1.54, 1.807) is 12.1 Å². The molecule has 168 valence electrons. The zero-order valence-electron chi connectivity index (χ0n) is 17.3. The van der Waals surface area contributed by atoms with Gasteiger partial charge in [-0.15, -0.1) is 0 Å². The van der Waals surface area contributed by atoms with Crippen LogP contribution in [0.15, 0.2) is 72.8 Å². The van der Waals surface area contributed by atoms with Gasteiger partial charge < -0.3 is 9.94 Å². The van der Waals surface area contributed by atoms with E-state index in [4.69, 9.17) is 4.84 Å². The van der Waals surface area contributed by atoms with Crippen molar-refractivity contribution >= 4 is 96.1 Å². The summed E-state index contributed by atoms with van der Waals surface area (Å²) in [7, 11) is 0. The zero-order chi connectivity index (χ0) is 23.5. The molecule has 0 radical (unpaired) electrons. The van der Waals surface area contributed by atoms with Crippen LogP contribution in [0.25, 0.3) is 22.3 Å². The minimum atomic E-state index is 0.274. The highest BCUT2D eigenvalue weighted by atomic mass is 127. The van der Waals surface area contributed by atoms with Gasteiger partial charge in [0.25, 0.3) is 0 Å². The van der Waals surface area contributed by atoms with Gasteiger partial charge in [0.2, 0.25) is 0 Å². The molecule has 4 aromatic rings. The normalized spacial score (nSPS) is 10.8. The van der Waals surface area contributed by atoms with Gasteiger partial charge in [-0.3, -0.25) is 5.43 Å². The van der Waals surface area contributed by atoms with E-state index in [1.165, 1.54) is 14.7 Å². The summed E-state index contributed by atoms with van der Waals surface area (Å²) in [5, 5.41) is 9.54. The Morgan fingerprint density at radius 2 is 1.30 bits per heavy atom. The van der Waals surface area contributed by atoms with Gasteiger partial charge in [-0.1, -0.05) is 35.9 Å². The number of phenolic OH excluding ortho intramolecular Hbond substituents is 1. The second-order valence-electron chi connectivity index (χ2n) is 7.30. The lowest BCUT2D eigenvalue weighted by atomic mass is 10.00. The van der Waals surface area contributed by atoms with E-state index in [-0.39, 0.29) is 5.75 Å². The summed E-state index contributed by atoms with van der Waals surface area (Å²) in [5.74, 6) is 1.03. The Kier molecular flexibility index (Phi) is 8.62. The SMILES string of the molecule is Cc1ccc(ONNc2c(I)cc(-c3ccc(-c4ccc(O)cc4)cc3I)cc2I)cc1I. The topological polar surface area (TPSA) is 53.5 Å². The number of anilines is 1. The van der Waals surface area contributed by atoms with Crippen molar-refractivity contribution in [2.45, 2.75) is 6.92 Å². The molecule has 0 atom stereocenters. The fourth-order valence-corrected chi connectivity index (χ4v) is 6.55. The number of aryl methyl sites for hydroxylation is 1. The standard InChI is InChI=1S/C25H18I4N2O2/c1-14-2-8-19(13-21(14)26)33-31-30-25-23(28)11-17(12-24(25)29)20-9-5-16(10-22(20)27)15-3-6-18(32)7-4-15/h2-13,30-32H,1H3. The van der Waals surface area contributed by atoms with Crippen LogP contribution in [0.3, 0.4) is 0 Å². The van der Waals surface area contributed by atoms with Crippen molar-refractivity contribution in [3.8, 4) is 33.8 Å².